The van der Waals surface area contributed by atoms with Crippen molar-refractivity contribution < 1.29 is 4.79 Å². The van der Waals surface area contributed by atoms with Crippen molar-refractivity contribution in [3.8, 4) is 11.8 Å². The molecule has 0 amide bonds. The molecule has 156 valence electrons. The Kier molecular flexibility index (Phi) is 7.73. The number of Topliss-reactive ketones (excluding diaryl/α,β-unsaturated/α-hetero) is 1. The minimum Gasteiger partial charge on any atom is -0.313 e. The van der Waals surface area contributed by atoms with E-state index in [4.69, 9.17) is 0 Å². The molecule has 1 unspecified atom stereocenters. The highest BCUT2D eigenvalue weighted by molar-refractivity contribution is 6.01. The quantitative estimate of drug-likeness (QED) is 0.484. The maximum absolute atomic E-state index is 12.9. The monoisotopic (exact) mass is 405 g/mol. The van der Waals surface area contributed by atoms with E-state index in [2.05, 4.69) is 10.9 Å². The van der Waals surface area contributed by atoms with Gasteiger partial charge in [0.15, 0.2) is 11.8 Å². The third-order valence-electron chi connectivity index (χ3n) is 4.62. The highest BCUT2D eigenvalue weighted by atomic mass is 16.1. The number of carbonyl (C=O) groups excluding carboxylic acids is 1. The van der Waals surface area contributed by atoms with Crippen LogP contribution < -0.4 is 16.4 Å². The molecule has 1 atom stereocenters. The summed E-state index contributed by atoms with van der Waals surface area (Å²) in [4.78, 5) is 25.4. The van der Waals surface area contributed by atoms with E-state index in [1.165, 1.54) is 4.68 Å². The molecule has 7 heteroatoms. The Balaban J connectivity index is 0.00000155. The highest BCUT2D eigenvalue weighted by Crippen LogP contribution is 2.13. The number of nitrogens with one attached hydrogen (secondary N) is 2. The van der Waals surface area contributed by atoms with E-state index in [1.807, 2.05) is 69.3 Å². The van der Waals surface area contributed by atoms with Gasteiger partial charge in [0, 0.05) is 12.6 Å². The number of hydrogen-bond donors (Lipinski definition) is 2. The summed E-state index contributed by atoms with van der Waals surface area (Å²) in [5, 5.41) is 9.40. The van der Waals surface area contributed by atoms with Crippen molar-refractivity contribution >= 4 is 11.5 Å². The van der Waals surface area contributed by atoms with Crippen LogP contribution >= 0.6 is 0 Å². The normalized spacial score (nSPS) is 11.1. The maximum atomic E-state index is 12.9. The van der Waals surface area contributed by atoms with E-state index in [9.17, 15) is 14.9 Å². The van der Waals surface area contributed by atoms with Gasteiger partial charge < -0.3 is 5.43 Å². The van der Waals surface area contributed by atoms with Crippen molar-refractivity contribution in [1.82, 2.24) is 14.8 Å². The summed E-state index contributed by atoms with van der Waals surface area (Å²) in [6.07, 6.45) is 0. The molecule has 2 aromatic carbocycles. The summed E-state index contributed by atoms with van der Waals surface area (Å²) in [5.41, 5.74) is 8.31. The first kappa shape index (κ1) is 22.7. The number of rotatable bonds is 6. The summed E-state index contributed by atoms with van der Waals surface area (Å²) in [6.45, 7) is 7.71. The lowest BCUT2D eigenvalue weighted by Gasteiger charge is -2.12. The molecule has 1 heterocycles. The van der Waals surface area contributed by atoms with Crippen LogP contribution in [0.25, 0.3) is 5.69 Å². The minimum atomic E-state index is -1.13. The van der Waals surface area contributed by atoms with Crippen molar-refractivity contribution in [2.24, 2.45) is 7.05 Å². The molecule has 2 N–H and O–H groups in total. The fourth-order valence-electron chi connectivity index (χ4n) is 2.90. The number of anilines is 1. The SMILES string of the molecule is CC.Cc1ccc(C(=O)C(C#N)NNc2c(C)n(C)n(-c3ccccc3)c2=O)cc1. The van der Waals surface area contributed by atoms with Crippen LogP contribution in [0, 0.1) is 25.2 Å². The second-order valence-electron chi connectivity index (χ2n) is 6.50. The zero-order chi connectivity index (χ0) is 22.3. The van der Waals surface area contributed by atoms with Gasteiger partial charge in [0.1, 0.15) is 5.69 Å². The fourth-order valence-corrected chi connectivity index (χ4v) is 2.90. The molecule has 0 aliphatic rings. The third-order valence-corrected chi connectivity index (χ3v) is 4.62. The number of ketones is 1. The second kappa shape index (κ2) is 10.2. The van der Waals surface area contributed by atoms with Gasteiger partial charge in [0.25, 0.3) is 5.56 Å². The van der Waals surface area contributed by atoms with Crippen molar-refractivity contribution in [2.45, 2.75) is 33.7 Å². The Bertz CT molecular complexity index is 1090. The number of para-hydroxylation sites is 1. The van der Waals surface area contributed by atoms with E-state index in [0.717, 1.165) is 11.3 Å². The van der Waals surface area contributed by atoms with Gasteiger partial charge in [-0.2, -0.15) is 5.26 Å². The molecule has 30 heavy (non-hydrogen) atoms. The predicted molar refractivity (Wildman–Crippen MR) is 119 cm³/mol. The number of aromatic nitrogens is 2. The van der Waals surface area contributed by atoms with Gasteiger partial charge in [0.05, 0.1) is 17.5 Å². The highest BCUT2D eigenvalue weighted by Gasteiger charge is 2.22. The molecule has 0 fully saturated rings. The molecule has 0 aliphatic carbocycles. The molecule has 1 aromatic heterocycles. The van der Waals surface area contributed by atoms with E-state index >= 15 is 0 Å². The van der Waals surface area contributed by atoms with Gasteiger partial charge in [0.2, 0.25) is 0 Å². The zero-order valence-electron chi connectivity index (χ0n) is 17.9. The van der Waals surface area contributed by atoms with Crippen LogP contribution in [0.3, 0.4) is 0 Å². The lowest BCUT2D eigenvalue weighted by Crippen LogP contribution is -2.40. The molecular weight excluding hydrogens is 378 g/mol. The molecule has 3 aromatic rings. The summed E-state index contributed by atoms with van der Waals surface area (Å²) >= 11 is 0. The lowest BCUT2D eigenvalue weighted by atomic mass is 10.0. The summed E-state index contributed by atoms with van der Waals surface area (Å²) in [6, 6.07) is 17.0. The number of hydrazine groups is 1. The van der Waals surface area contributed by atoms with E-state index < -0.39 is 6.04 Å². The summed E-state index contributed by atoms with van der Waals surface area (Å²) in [7, 11) is 1.77. The molecule has 0 spiro atoms. The van der Waals surface area contributed by atoms with Crippen molar-refractivity contribution in [3.63, 3.8) is 0 Å². The molecular formula is C23H27N5O2. The van der Waals surface area contributed by atoms with Crippen LogP contribution in [0.2, 0.25) is 0 Å². The largest absolute Gasteiger partial charge is 0.313 e. The smallest absolute Gasteiger partial charge is 0.296 e. The van der Waals surface area contributed by atoms with Gasteiger partial charge in [-0.1, -0.05) is 61.9 Å². The van der Waals surface area contributed by atoms with Crippen LogP contribution in [0.4, 0.5) is 5.69 Å². The van der Waals surface area contributed by atoms with Crippen molar-refractivity contribution in [2.75, 3.05) is 5.43 Å². The minimum absolute atomic E-state index is 0.279. The number of nitrogens with zero attached hydrogens (tertiary/aromatic N) is 3. The first-order chi connectivity index (χ1) is 14.4. The van der Waals surface area contributed by atoms with Gasteiger partial charge in [-0.25, -0.2) is 10.1 Å². The first-order valence-electron chi connectivity index (χ1n) is 9.80. The first-order valence-corrected chi connectivity index (χ1v) is 9.80. The number of carbonyl (C=O) groups is 1. The molecule has 3 rings (SSSR count). The number of benzene rings is 2. The van der Waals surface area contributed by atoms with Gasteiger partial charge in [-0.15, -0.1) is 0 Å². The maximum Gasteiger partial charge on any atom is 0.296 e. The predicted octanol–water partition coefficient (Wildman–Crippen LogP) is 3.51. The Labute approximate surface area is 176 Å². The van der Waals surface area contributed by atoms with Crippen LogP contribution in [0.5, 0.6) is 0 Å². The summed E-state index contributed by atoms with van der Waals surface area (Å²) in [5.74, 6) is -0.369. The lowest BCUT2D eigenvalue weighted by molar-refractivity contribution is 0.0969. The third kappa shape index (κ3) is 4.67. The van der Waals surface area contributed by atoms with Crippen molar-refractivity contribution in [3.05, 3.63) is 81.8 Å². The average molecular weight is 406 g/mol. The number of aryl methyl sites for hydroxylation is 1. The van der Waals surface area contributed by atoms with E-state index in [1.54, 1.807) is 30.8 Å². The van der Waals surface area contributed by atoms with Crippen molar-refractivity contribution in [1.29, 1.82) is 5.26 Å². The van der Waals surface area contributed by atoms with Gasteiger partial charge >= 0.3 is 0 Å². The van der Waals surface area contributed by atoms with E-state index in [0.29, 0.717) is 11.3 Å². The molecule has 0 aliphatic heterocycles. The van der Waals surface area contributed by atoms with Crippen LogP contribution in [0.1, 0.15) is 35.5 Å². The summed E-state index contributed by atoms with van der Waals surface area (Å²) < 4.78 is 3.23. The van der Waals surface area contributed by atoms with Crippen LogP contribution in [0.15, 0.2) is 59.4 Å². The fraction of sp³-hybridized carbons (Fsp3) is 0.261. The number of hydrogen-bond acceptors (Lipinski definition) is 5. The standard InChI is InChI=1S/C21H21N5O2.C2H6/c1-14-9-11-16(12-10-14)20(27)18(13-22)23-24-19-15(2)25(3)26(21(19)28)17-7-5-4-6-8-17;1-2/h4-12,18,23-24H,1-3H3;1-2H3. The molecule has 0 radical (unpaired) electrons. The average Bonchev–Trinajstić information content (AvgIpc) is 2.99. The Morgan fingerprint density at radius 2 is 1.63 bits per heavy atom. The molecule has 0 bridgehead atoms. The molecule has 7 nitrogen and oxygen atoms in total. The van der Waals surface area contributed by atoms with Crippen LogP contribution in [-0.4, -0.2) is 21.2 Å². The Morgan fingerprint density at radius 1 is 1.03 bits per heavy atom. The Morgan fingerprint density at radius 3 is 2.20 bits per heavy atom. The second-order valence-corrected chi connectivity index (χ2v) is 6.50. The topological polar surface area (TPSA) is 91.8 Å². The number of nitriles is 1. The van der Waals surface area contributed by atoms with Gasteiger partial charge in [-0.05, 0) is 26.0 Å². The zero-order valence-corrected chi connectivity index (χ0v) is 17.9. The molecule has 0 saturated heterocycles. The van der Waals surface area contributed by atoms with E-state index in [-0.39, 0.29) is 17.0 Å². The van der Waals surface area contributed by atoms with Crippen LogP contribution in [-0.2, 0) is 7.05 Å². The molecule has 0 saturated carbocycles. The Hall–Kier alpha value is -3.63. The van der Waals surface area contributed by atoms with Gasteiger partial charge in [-0.3, -0.25) is 14.3 Å².